The normalized spacial score (nSPS) is 9.83. The lowest BCUT2D eigenvalue weighted by molar-refractivity contribution is 0.0684. The van der Waals surface area contributed by atoms with E-state index in [9.17, 15) is 4.79 Å². The van der Waals surface area contributed by atoms with Gasteiger partial charge in [0.05, 0.1) is 12.7 Å². The van der Waals surface area contributed by atoms with E-state index in [-0.39, 0.29) is 11.6 Å². The molecule has 0 atom stereocenters. The lowest BCUT2D eigenvalue weighted by Gasteiger charge is -1.94. The summed E-state index contributed by atoms with van der Waals surface area (Å²) in [5.74, 6) is -0.922. The molecule has 0 bridgehead atoms. The summed E-state index contributed by atoms with van der Waals surface area (Å²) >= 11 is 0. The number of nitrogens with zero attached hydrogens (tertiary/aromatic N) is 1. The van der Waals surface area contributed by atoms with Crippen LogP contribution in [-0.4, -0.2) is 23.3 Å². The molecule has 0 aliphatic heterocycles. The molecule has 0 aromatic carbocycles. The molecule has 0 saturated carbocycles. The van der Waals surface area contributed by atoms with Gasteiger partial charge in [0.1, 0.15) is 0 Å². The number of ether oxygens (including phenoxy) is 1. The van der Waals surface area contributed by atoms with Crippen molar-refractivity contribution in [3.8, 4) is 5.95 Å². The van der Waals surface area contributed by atoms with Crippen molar-refractivity contribution >= 4 is 5.97 Å². The van der Waals surface area contributed by atoms with Gasteiger partial charge >= 0.3 is 11.9 Å². The molecule has 0 saturated heterocycles. The predicted molar refractivity (Wildman–Crippen MR) is 39.4 cm³/mol. The third-order valence-electron chi connectivity index (χ3n) is 1.49. The van der Waals surface area contributed by atoms with Crippen LogP contribution in [0.25, 0.3) is 0 Å². The molecule has 5 nitrogen and oxygen atoms in total. The Hall–Kier alpha value is -1.52. The van der Waals surface area contributed by atoms with Crippen molar-refractivity contribution in [3.63, 3.8) is 0 Å². The second-order valence-electron chi connectivity index (χ2n) is 2.16. The number of carboxylic acids is 1. The molecule has 5 heteroatoms. The van der Waals surface area contributed by atoms with Gasteiger partial charge in [0, 0.05) is 0 Å². The highest BCUT2D eigenvalue weighted by molar-refractivity contribution is 5.87. The van der Waals surface area contributed by atoms with Crippen LogP contribution in [0.1, 0.15) is 23.0 Å². The maximum Gasteiger partial charge on any atom is 0.358 e. The van der Waals surface area contributed by atoms with Gasteiger partial charge in [-0.15, -0.1) is 0 Å². The maximum absolute atomic E-state index is 10.5. The Kier molecular flexibility index (Phi) is 2.32. The van der Waals surface area contributed by atoms with E-state index < -0.39 is 5.97 Å². The molecule has 12 heavy (non-hydrogen) atoms. The summed E-state index contributed by atoms with van der Waals surface area (Å²) in [4.78, 5) is 10.5. The molecule has 1 heterocycles. The highest BCUT2D eigenvalue weighted by Gasteiger charge is 2.19. The molecule has 0 aliphatic rings. The zero-order valence-corrected chi connectivity index (χ0v) is 6.83. The van der Waals surface area contributed by atoms with Crippen LogP contribution in [0.15, 0.2) is 4.52 Å². The van der Waals surface area contributed by atoms with E-state index >= 15 is 0 Å². The minimum atomic E-state index is -1.10. The quantitative estimate of drug-likeness (QED) is 0.732. The van der Waals surface area contributed by atoms with Gasteiger partial charge in [0.25, 0.3) is 0 Å². The van der Waals surface area contributed by atoms with E-state index in [4.69, 9.17) is 9.84 Å². The molecule has 1 aromatic rings. The van der Waals surface area contributed by atoms with Crippen molar-refractivity contribution in [2.24, 2.45) is 0 Å². The Bertz CT molecular complexity index is 292. The molecule has 1 aromatic heterocycles. The summed E-state index contributed by atoms with van der Waals surface area (Å²) < 4.78 is 9.42. The maximum atomic E-state index is 10.5. The minimum absolute atomic E-state index is 0.0747. The Labute approximate surface area is 68.9 Å². The average Bonchev–Trinajstić information content (AvgIpc) is 2.46. The molecule has 1 rings (SSSR count). The van der Waals surface area contributed by atoms with Crippen molar-refractivity contribution < 1.29 is 19.2 Å². The molecule has 0 radical (unpaired) electrons. The highest BCUT2D eigenvalue weighted by Crippen LogP contribution is 2.21. The summed E-state index contributed by atoms with van der Waals surface area (Å²) in [6.45, 7) is 1.81. The lowest BCUT2D eigenvalue weighted by atomic mass is 10.2. The Balaban J connectivity index is 3.13. The SMILES string of the molecule is CCc1c(C(=O)O)noc1OC. The van der Waals surface area contributed by atoms with Gasteiger partial charge in [-0.2, -0.15) is 0 Å². The first kappa shape index (κ1) is 8.58. The molecule has 1 N–H and O–H groups in total. The van der Waals surface area contributed by atoms with E-state index in [1.165, 1.54) is 7.11 Å². The fourth-order valence-corrected chi connectivity index (χ4v) is 0.934. The second kappa shape index (κ2) is 3.25. The van der Waals surface area contributed by atoms with E-state index in [1.54, 1.807) is 0 Å². The van der Waals surface area contributed by atoms with Crippen LogP contribution in [0.4, 0.5) is 0 Å². The van der Waals surface area contributed by atoms with Crippen LogP contribution in [0, 0.1) is 0 Å². The van der Waals surface area contributed by atoms with Crippen molar-refractivity contribution in [1.82, 2.24) is 5.16 Å². The molecule has 0 spiro atoms. The predicted octanol–water partition coefficient (Wildman–Crippen LogP) is 0.944. The first-order valence-corrected chi connectivity index (χ1v) is 3.46. The van der Waals surface area contributed by atoms with Gasteiger partial charge in [-0.3, -0.25) is 0 Å². The largest absolute Gasteiger partial charge is 0.476 e. The standard InChI is InChI=1S/C7H9NO4/c1-3-4-5(6(9)10)8-12-7(4)11-2/h3H2,1-2H3,(H,9,10). The molecule has 66 valence electrons. The monoisotopic (exact) mass is 171 g/mol. The topological polar surface area (TPSA) is 72.6 Å². The van der Waals surface area contributed by atoms with Gasteiger partial charge in [-0.1, -0.05) is 12.1 Å². The second-order valence-corrected chi connectivity index (χ2v) is 2.16. The molecule has 0 unspecified atom stereocenters. The first-order valence-electron chi connectivity index (χ1n) is 3.46. The number of rotatable bonds is 3. The Morgan fingerprint density at radius 1 is 1.75 bits per heavy atom. The first-order chi connectivity index (χ1) is 5.70. The third-order valence-corrected chi connectivity index (χ3v) is 1.49. The van der Waals surface area contributed by atoms with Gasteiger partial charge in [-0.05, 0) is 6.42 Å². The van der Waals surface area contributed by atoms with Crippen LogP contribution in [0.3, 0.4) is 0 Å². The van der Waals surface area contributed by atoms with Crippen LogP contribution >= 0.6 is 0 Å². The summed E-state index contributed by atoms with van der Waals surface area (Å²) in [5, 5.41) is 12.0. The van der Waals surface area contributed by atoms with Gasteiger partial charge in [0.15, 0.2) is 5.69 Å². The van der Waals surface area contributed by atoms with Crippen LogP contribution in [-0.2, 0) is 6.42 Å². The molecule has 0 amide bonds. The van der Waals surface area contributed by atoms with Crippen LogP contribution < -0.4 is 4.74 Å². The molecular formula is C7H9NO4. The molecule has 0 aliphatic carbocycles. The number of carbonyl (C=O) groups is 1. The number of aromatic carboxylic acids is 1. The van der Waals surface area contributed by atoms with E-state index in [1.807, 2.05) is 6.92 Å². The van der Waals surface area contributed by atoms with Gasteiger partial charge in [-0.25, -0.2) is 4.79 Å². The third kappa shape index (κ3) is 1.25. The van der Waals surface area contributed by atoms with E-state index in [2.05, 4.69) is 9.68 Å². The fourth-order valence-electron chi connectivity index (χ4n) is 0.934. The smallest absolute Gasteiger partial charge is 0.358 e. The highest BCUT2D eigenvalue weighted by atomic mass is 16.6. The van der Waals surface area contributed by atoms with Crippen molar-refractivity contribution in [1.29, 1.82) is 0 Å². The van der Waals surface area contributed by atoms with Crippen LogP contribution in [0.5, 0.6) is 5.95 Å². The van der Waals surface area contributed by atoms with Gasteiger partial charge < -0.3 is 14.4 Å². The van der Waals surface area contributed by atoms with E-state index in [0.717, 1.165) is 0 Å². The Morgan fingerprint density at radius 2 is 2.42 bits per heavy atom. The number of hydrogen-bond donors (Lipinski definition) is 1. The fraction of sp³-hybridized carbons (Fsp3) is 0.429. The minimum Gasteiger partial charge on any atom is -0.476 e. The zero-order chi connectivity index (χ0) is 9.14. The van der Waals surface area contributed by atoms with Crippen molar-refractivity contribution in [2.45, 2.75) is 13.3 Å². The average molecular weight is 171 g/mol. The lowest BCUT2D eigenvalue weighted by Crippen LogP contribution is -2.00. The number of hydrogen-bond acceptors (Lipinski definition) is 4. The molecule has 0 fully saturated rings. The number of aromatic nitrogens is 1. The van der Waals surface area contributed by atoms with Crippen molar-refractivity contribution in [2.75, 3.05) is 7.11 Å². The summed E-state index contributed by atoms with van der Waals surface area (Å²) in [6, 6.07) is 0. The van der Waals surface area contributed by atoms with E-state index in [0.29, 0.717) is 12.0 Å². The number of carboxylic acid groups (broad SMARTS) is 1. The number of methoxy groups -OCH3 is 1. The zero-order valence-electron chi connectivity index (χ0n) is 6.83. The molecular weight excluding hydrogens is 162 g/mol. The summed E-state index contributed by atoms with van der Waals surface area (Å²) in [7, 11) is 1.41. The summed E-state index contributed by atoms with van der Waals surface area (Å²) in [6.07, 6.45) is 0.522. The van der Waals surface area contributed by atoms with Crippen molar-refractivity contribution in [3.05, 3.63) is 11.3 Å². The van der Waals surface area contributed by atoms with Gasteiger partial charge in [0.2, 0.25) is 0 Å². The Morgan fingerprint density at radius 3 is 2.83 bits per heavy atom. The summed E-state index contributed by atoms with van der Waals surface area (Å²) in [5.41, 5.74) is 0.416. The van der Waals surface area contributed by atoms with Crippen LogP contribution in [0.2, 0.25) is 0 Å².